The summed E-state index contributed by atoms with van der Waals surface area (Å²) < 4.78 is 35.3. The molecule has 0 fully saturated rings. The number of carboxylic acid groups (broad SMARTS) is 1. The van der Waals surface area contributed by atoms with Gasteiger partial charge in [0.2, 0.25) is 0 Å². The fourth-order valence-corrected chi connectivity index (χ4v) is 18.9. The van der Waals surface area contributed by atoms with Crippen LogP contribution in [0.25, 0.3) is 0 Å². The van der Waals surface area contributed by atoms with E-state index in [1.165, 1.54) is 0 Å². The van der Waals surface area contributed by atoms with Crippen LogP contribution in [-0.4, -0.2) is 37.0 Å². The molecule has 5 nitrogen and oxygen atoms in total. The minimum Gasteiger partial charge on any atom is -0.478 e. The van der Waals surface area contributed by atoms with Gasteiger partial charge in [0.1, 0.15) is 0 Å². The summed E-state index contributed by atoms with van der Waals surface area (Å²) in [4.78, 5) is 10.2. The third-order valence-corrected chi connectivity index (χ3v) is 17.1. The lowest BCUT2D eigenvalue weighted by Gasteiger charge is -2.54. The summed E-state index contributed by atoms with van der Waals surface area (Å²) >= 11 is 0. The molecule has 0 aliphatic carbocycles. The van der Waals surface area contributed by atoms with E-state index in [2.05, 4.69) is 55.0 Å². The van der Waals surface area contributed by atoms with E-state index in [4.69, 9.17) is 5.11 Å². The molecule has 160 valence electrons. The second kappa shape index (κ2) is 10.2. The second-order valence-corrected chi connectivity index (χ2v) is 17.3. The van der Waals surface area contributed by atoms with Crippen LogP contribution in [-0.2, 0) is 14.9 Å². The van der Waals surface area contributed by atoms with Crippen molar-refractivity contribution in [2.24, 2.45) is 0 Å². The average molecular weight is 421 g/mol. The molecular weight excluding hydrogens is 380 g/mol. The highest BCUT2D eigenvalue weighted by Gasteiger charge is 2.59. The standard InChI is InChI=1S/C20H40O5SSi/c1-9-14-20(7,8)27(15(2)3,16(4)5)18(26(23,24)25)13-11-10-12-17(6)19(21)22/h15-16,18H,6,9-14H2,1-5,7-8H3,(H,21,22)(H,23,24,25). The number of aliphatic carboxylic acids is 1. The second-order valence-electron chi connectivity index (χ2n) is 9.03. The molecule has 7 heteroatoms. The van der Waals surface area contributed by atoms with Crippen LogP contribution in [0.4, 0.5) is 0 Å². The average Bonchev–Trinajstić information content (AvgIpc) is 2.47. The Morgan fingerprint density at radius 3 is 1.93 bits per heavy atom. The van der Waals surface area contributed by atoms with Gasteiger partial charge < -0.3 is 5.11 Å². The highest BCUT2D eigenvalue weighted by Crippen LogP contribution is 2.56. The van der Waals surface area contributed by atoms with Crippen molar-refractivity contribution in [1.29, 1.82) is 0 Å². The van der Waals surface area contributed by atoms with Gasteiger partial charge in [-0.15, -0.1) is 0 Å². The van der Waals surface area contributed by atoms with E-state index in [-0.39, 0.29) is 21.7 Å². The molecule has 1 atom stereocenters. The molecule has 0 aliphatic heterocycles. The van der Waals surface area contributed by atoms with Crippen molar-refractivity contribution >= 4 is 24.2 Å². The maximum Gasteiger partial charge on any atom is 0.330 e. The van der Waals surface area contributed by atoms with Crippen molar-refractivity contribution in [3.05, 3.63) is 12.2 Å². The predicted molar refractivity (Wildman–Crippen MR) is 115 cm³/mol. The number of unbranched alkanes of at least 4 members (excludes halogenated alkanes) is 1. The van der Waals surface area contributed by atoms with Crippen LogP contribution >= 0.6 is 0 Å². The molecule has 0 spiro atoms. The molecule has 2 N–H and O–H groups in total. The SMILES string of the molecule is C=C(CCCCC([Si](C(C)C)(C(C)C)C(C)(C)CCC)S(=O)(=O)O)C(=O)O. The molecule has 0 aromatic carbocycles. The lowest BCUT2D eigenvalue weighted by atomic mass is 10.1. The summed E-state index contributed by atoms with van der Waals surface area (Å²) in [7, 11) is -6.75. The Morgan fingerprint density at radius 1 is 1.11 bits per heavy atom. The largest absolute Gasteiger partial charge is 0.478 e. The van der Waals surface area contributed by atoms with Gasteiger partial charge in [-0.25, -0.2) is 4.79 Å². The smallest absolute Gasteiger partial charge is 0.330 e. The molecule has 0 bridgehead atoms. The lowest BCUT2D eigenvalue weighted by molar-refractivity contribution is -0.132. The van der Waals surface area contributed by atoms with Gasteiger partial charge >= 0.3 is 5.97 Å². The molecule has 0 aromatic heterocycles. The van der Waals surface area contributed by atoms with Gasteiger partial charge in [0, 0.05) is 5.57 Å². The van der Waals surface area contributed by atoms with Crippen molar-refractivity contribution in [2.45, 2.75) is 108 Å². The molecular formula is C20H40O5SSi. The highest BCUT2D eigenvalue weighted by atomic mass is 32.2. The Bertz CT molecular complexity index is 600. The van der Waals surface area contributed by atoms with E-state index >= 15 is 0 Å². The van der Waals surface area contributed by atoms with Gasteiger partial charge in [0.25, 0.3) is 10.1 Å². The third kappa shape index (κ3) is 6.16. The zero-order valence-electron chi connectivity index (χ0n) is 18.2. The van der Waals surface area contributed by atoms with Crippen LogP contribution < -0.4 is 0 Å². The number of carbonyl (C=O) groups is 1. The Balaban J connectivity index is 5.93. The van der Waals surface area contributed by atoms with Crippen LogP contribution in [0.3, 0.4) is 0 Å². The Hall–Kier alpha value is -0.663. The van der Waals surface area contributed by atoms with E-state index in [0.717, 1.165) is 12.8 Å². The molecule has 0 saturated heterocycles. The van der Waals surface area contributed by atoms with E-state index in [0.29, 0.717) is 25.7 Å². The van der Waals surface area contributed by atoms with Gasteiger partial charge in [0.15, 0.2) is 0 Å². The van der Waals surface area contributed by atoms with Gasteiger partial charge in [-0.05, 0) is 35.4 Å². The highest BCUT2D eigenvalue weighted by molar-refractivity contribution is 7.88. The van der Waals surface area contributed by atoms with Gasteiger partial charge in [-0.2, -0.15) is 8.42 Å². The van der Waals surface area contributed by atoms with Crippen molar-refractivity contribution in [1.82, 2.24) is 0 Å². The Labute approximate surface area is 167 Å². The number of hydrogen-bond donors (Lipinski definition) is 2. The number of carboxylic acids is 1. The summed E-state index contributed by atoms with van der Waals surface area (Å²) in [5.74, 6) is -1.02. The fraction of sp³-hybridized carbons (Fsp3) is 0.850. The number of rotatable bonds is 13. The quantitative estimate of drug-likeness (QED) is 0.169. The normalized spacial score (nSPS) is 14.6. The fourth-order valence-electron chi connectivity index (χ4n) is 5.66. The van der Waals surface area contributed by atoms with E-state index in [1.54, 1.807) is 0 Å². The Kier molecular flexibility index (Phi) is 9.96. The third-order valence-electron chi connectivity index (χ3n) is 6.35. The van der Waals surface area contributed by atoms with E-state index in [9.17, 15) is 17.8 Å². The molecule has 0 saturated carbocycles. The van der Waals surface area contributed by atoms with E-state index < -0.39 is 29.0 Å². The zero-order chi connectivity index (χ0) is 21.6. The molecule has 0 aromatic rings. The first-order valence-electron chi connectivity index (χ1n) is 10.0. The molecule has 0 radical (unpaired) electrons. The van der Waals surface area contributed by atoms with Crippen LogP contribution in [0.1, 0.15) is 87.0 Å². The zero-order valence-corrected chi connectivity index (χ0v) is 20.0. The van der Waals surface area contributed by atoms with Crippen molar-refractivity contribution < 1.29 is 22.9 Å². The maximum absolute atomic E-state index is 12.6. The first kappa shape index (κ1) is 26.3. The summed E-state index contributed by atoms with van der Waals surface area (Å²) in [5, 5.41) is 8.79. The van der Waals surface area contributed by atoms with Gasteiger partial charge in [0.05, 0.1) is 12.9 Å². The molecule has 0 aliphatic rings. The molecule has 27 heavy (non-hydrogen) atoms. The number of hydrogen-bond acceptors (Lipinski definition) is 3. The van der Waals surface area contributed by atoms with Crippen molar-refractivity contribution in [3.63, 3.8) is 0 Å². The lowest BCUT2D eigenvalue weighted by Crippen LogP contribution is -2.62. The topological polar surface area (TPSA) is 91.7 Å². The predicted octanol–water partition coefficient (Wildman–Crippen LogP) is 5.83. The van der Waals surface area contributed by atoms with Crippen molar-refractivity contribution in [2.75, 3.05) is 0 Å². The minimum atomic E-state index is -4.21. The van der Waals surface area contributed by atoms with Crippen molar-refractivity contribution in [3.8, 4) is 0 Å². The Morgan fingerprint density at radius 2 is 1.59 bits per heavy atom. The van der Waals surface area contributed by atoms with Crippen LogP contribution in [0.15, 0.2) is 12.2 Å². The first-order valence-corrected chi connectivity index (χ1v) is 13.8. The molecule has 0 heterocycles. The minimum absolute atomic E-state index is 0.140. The van der Waals surface area contributed by atoms with Crippen LogP contribution in [0.5, 0.6) is 0 Å². The van der Waals surface area contributed by atoms with Crippen LogP contribution in [0, 0.1) is 0 Å². The monoisotopic (exact) mass is 420 g/mol. The van der Waals surface area contributed by atoms with Gasteiger partial charge in [-0.1, -0.05) is 74.3 Å². The summed E-state index contributed by atoms with van der Waals surface area (Å²) in [5.41, 5.74) is 0.529. The molecule has 0 rings (SSSR count). The summed E-state index contributed by atoms with van der Waals surface area (Å²) in [6.07, 6.45) is 3.74. The van der Waals surface area contributed by atoms with Gasteiger partial charge in [-0.3, -0.25) is 4.55 Å². The van der Waals surface area contributed by atoms with Crippen LogP contribution in [0.2, 0.25) is 16.1 Å². The van der Waals surface area contributed by atoms with E-state index in [1.807, 2.05) is 0 Å². The molecule has 1 unspecified atom stereocenters. The first-order chi connectivity index (χ1) is 12.2. The molecule has 0 amide bonds. The maximum atomic E-state index is 12.6. The summed E-state index contributed by atoms with van der Waals surface area (Å²) in [6, 6.07) is 0. The summed E-state index contributed by atoms with van der Waals surface area (Å²) in [6.45, 7) is 18.4.